The maximum atomic E-state index is 13.2. The molecule has 2 atom stereocenters. The molecule has 0 bridgehead atoms. The normalized spacial score (nSPS) is 23.4. The summed E-state index contributed by atoms with van der Waals surface area (Å²) in [4.78, 5) is 4.44. The number of ether oxygens (including phenoxy) is 4. The first-order valence-corrected chi connectivity index (χ1v) is 16.9. The average molecular weight is 610 g/mol. The van der Waals surface area contributed by atoms with E-state index in [1.165, 1.54) is 22.6 Å². The quantitative estimate of drug-likeness (QED) is 0.399. The number of aromatic nitrogens is 1. The molecule has 12 nitrogen and oxygen atoms in total. The predicted molar refractivity (Wildman–Crippen MR) is 146 cm³/mol. The summed E-state index contributed by atoms with van der Waals surface area (Å²) in [6.07, 6.45) is 3.73. The van der Waals surface area contributed by atoms with Crippen LogP contribution >= 0.6 is 0 Å². The van der Waals surface area contributed by atoms with Gasteiger partial charge in [0.15, 0.2) is 15.6 Å². The van der Waals surface area contributed by atoms with Crippen molar-refractivity contribution in [3.05, 3.63) is 36.5 Å². The molecule has 3 fully saturated rings. The van der Waals surface area contributed by atoms with E-state index in [1.807, 2.05) is 0 Å². The van der Waals surface area contributed by atoms with Gasteiger partial charge in [-0.3, -0.25) is 0 Å². The number of sulfone groups is 1. The second-order valence-corrected chi connectivity index (χ2v) is 15.2. The number of aliphatic hydroxyl groups is 1. The highest BCUT2D eigenvalue weighted by Crippen LogP contribution is 2.38. The molecular formula is C27H35N3O9S2. The largest absolute Gasteiger partial charge is 0.491 e. The maximum Gasteiger partial charge on any atom is 0.257 e. The van der Waals surface area contributed by atoms with Crippen molar-refractivity contribution in [2.24, 2.45) is 0 Å². The summed E-state index contributed by atoms with van der Waals surface area (Å²) in [6, 6.07) is 7.89. The Bertz CT molecular complexity index is 1470. The molecule has 3 aliphatic heterocycles. The molecule has 0 amide bonds. The van der Waals surface area contributed by atoms with Crippen molar-refractivity contribution in [2.45, 2.75) is 64.9 Å². The number of sulfonamides is 1. The van der Waals surface area contributed by atoms with E-state index in [1.54, 1.807) is 18.2 Å². The smallest absolute Gasteiger partial charge is 0.257 e. The van der Waals surface area contributed by atoms with Crippen LogP contribution in [0.3, 0.4) is 0 Å². The Morgan fingerprint density at radius 3 is 2.66 bits per heavy atom. The van der Waals surface area contributed by atoms with Crippen LogP contribution in [0.15, 0.2) is 46.3 Å². The minimum Gasteiger partial charge on any atom is -0.491 e. The average Bonchev–Trinajstić information content (AvgIpc) is 3.78. The Balaban J connectivity index is 0.961. The van der Waals surface area contributed by atoms with Crippen LogP contribution in [0.4, 0.5) is 0 Å². The molecule has 1 aromatic carbocycles. The lowest BCUT2D eigenvalue weighted by Gasteiger charge is -2.38. The zero-order valence-corrected chi connectivity index (χ0v) is 24.2. The van der Waals surface area contributed by atoms with E-state index in [2.05, 4.69) is 10.3 Å². The van der Waals surface area contributed by atoms with Gasteiger partial charge < -0.3 is 29.4 Å². The second kappa shape index (κ2) is 11.3. The molecular weight excluding hydrogens is 574 g/mol. The van der Waals surface area contributed by atoms with Crippen molar-refractivity contribution in [3.8, 4) is 17.4 Å². The molecule has 1 spiro atoms. The van der Waals surface area contributed by atoms with Crippen LogP contribution in [0.2, 0.25) is 0 Å². The Kier molecular flexibility index (Phi) is 7.89. The number of benzene rings is 1. The van der Waals surface area contributed by atoms with Crippen LogP contribution in [0.5, 0.6) is 17.4 Å². The molecule has 14 heteroatoms. The lowest BCUT2D eigenvalue weighted by Crippen LogP contribution is -2.47. The molecule has 2 saturated heterocycles. The van der Waals surface area contributed by atoms with Crippen molar-refractivity contribution in [1.29, 1.82) is 0 Å². The number of aliphatic hydroxyl groups excluding tert-OH is 1. The highest BCUT2D eigenvalue weighted by Gasteiger charge is 2.45. The van der Waals surface area contributed by atoms with E-state index < -0.39 is 31.6 Å². The minimum atomic E-state index is -3.73. The Morgan fingerprint density at radius 2 is 1.88 bits per heavy atom. The highest BCUT2D eigenvalue weighted by molar-refractivity contribution is 7.92. The number of fused-ring (bicyclic) bond motifs is 1. The van der Waals surface area contributed by atoms with Crippen molar-refractivity contribution in [2.75, 3.05) is 46.1 Å². The fourth-order valence-electron chi connectivity index (χ4n) is 5.53. The van der Waals surface area contributed by atoms with Gasteiger partial charge in [-0.2, -0.15) is 4.31 Å². The van der Waals surface area contributed by atoms with Gasteiger partial charge >= 0.3 is 0 Å². The van der Waals surface area contributed by atoms with Gasteiger partial charge in [0.1, 0.15) is 36.6 Å². The first-order valence-electron chi connectivity index (χ1n) is 13.9. The molecule has 224 valence electrons. The van der Waals surface area contributed by atoms with Crippen LogP contribution in [0, 0.1) is 0 Å². The topological polar surface area (TPSA) is 154 Å². The van der Waals surface area contributed by atoms with Crippen LogP contribution in [-0.4, -0.2) is 100 Å². The number of hydrogen-bond donors (Lipinski definition) is 2. The number of rotatable bonds is 10. The van der Waals surface area contributed by atoms with Crippen molar-refractivity contribution >= 4 is 19.9 Å². The third-order valence-electron chi connectivity index (χ3n) is 8.04. The second-order valence-electron chi connectivity index (χ2n) is 11.1. The number of piperidine rings is 1. The van der Waals surface area contributed by atoms with E-state index in [0.717, 1.165) is 0 Å². The standard InChI is InChI=1S/C27H35N3O9S2/c31-20(18-38-21-2-1-3-23(12-21)40(32,33)22-4-5-22)15-28-19-14-27(39-17-19)6-8-30(9-7-27)41(34,35)24-13-25-26(29-16-24)37-11-10-36-25/h1-3,12-13,16,19-20,22,28,31H,4-11,14-15,17-18H2. The van der Waals surface area contributed by atoms with Gasteiger partial charge in [0.25, 0.3) is 5.88 Å². The first kappa shape index (κ1) is 28.6. The van der Waals surface area contributed by atoms with Crippen LogP contribution in [0.25, 0.3) is 0 Å². The van der Waals surface area contributed by atoms with Crippen LogP contribution in [0.1, 0.15) is 32.1 Å². The van der Waals surface area contributed by atoms with Crippen molar-refractivity contribution in [3.63, 3.8) is 0 Å². The van der Waals surface area contributed by atoms with E-state index in [0.29, 0.717) is 82.4 Å². The summed E-state index contributed by atoms with van der Waals surface area (Å²) < 4.78 is 75.6. The number of nitrogens with one attached hydrogen (secondary N) is 1. The molecule has 2 unspecified atom stereocenters. The van der Waals surface area contributed by atoms with E-state index in [9.17, 15) is 21.9 Å². The van der Waals surface area contributed by atoms with Gasteiger partial charge in [-0.05, 0) is 50.3 Å². The molecule has 2 aromatic rings. The van der Waals surface area contributed by atoms with Crippen LogP contribution < -0.4 is 19.5 Å². The van der Waals surface area contributed by atoms with E-state index >= 15 is 0 Å². The third-order valence-corrected chi connectivity index (χ3v) is 12.2. The lowest BCUT2D eigenvalue weighted by atomic mass is 9.88. The van der Waals surface area contributed by atoms with Gasteiger partial charge in [0.05, 0.1) is 28.6 Å². The molecule has 2 N–H and O–H groups in total. The molecule has 4 heterocycles. The summed E-state index contributed by atoms with van der Waals surface area (Å²) >= 11 is 0. The Morgan fingerprint density at radius 1 is 1.10 bits per heavy atom. The van der Waals surface area contributed by atoms with Gasteiger partial charge in [-0.25, -0.2) is 21.8 Å². The number of hydrogen-bond acceptors (Lipinski definition) is 11. The summed E-state index contributed by atoms with van der Waals surface area (Å²) in [5.74, 6) is 1.04. The highest BCUT2D eigenvalue weighted by atomic mass is 32.2. The lowest BCUT2D eigenvalue weighted by molar-refractivity contribution is -0.0312. The van der Waals surface area contributed by atoms with E-state index in [-0.39, 0.29) is 34.2 Å². The Labute approximate surface area is 239 Å². The zero-order chi connectivity index (χ0) is 28.7. The predicted octanol–water partition coefficient (Wildman–Crippen LogP) is 1.13. The Hall–Kier alpha value is -2.49. The fourth-order valence-corrected chi connectivity index (χ4v) is 8.62. The third kappa shape index (κ3) is 6.18. The van der Waals surface area contributed by atoms with Crippen molar-refractivity contribution in [1.82, 2.24) is 14.6 Å². The summed E-state index contributed by atoms with van der Waals surface area (Å²) in [5.41, 5.74) is -0.413. The van der Waals surface area contributed by atoms with Gasteiger partial charge in [-0.1, -0.05) is 6.07 Å². The summed E-state index contributed by atoms with van der Waals surface area (Å²) in [6.45, 7) is 2.15. The molecule has 4 aliphatic rings. The molecule has 41 heavy (non-hydrogen) atoms. The molecule has 1 aromatic heterocycles. The van der Waals surface area contributed by atoms with E-state index in [4.69, 9.17) is 18.9 Å². The molecule has 6 rings (SSSR count). The van der Waals surface area contributed by atoms with Crippen molar-refractivity contribution < 1.29 is 40.9 Å². The number of pyridine rings is 1. The van der Waals surface area contributed by atoms with Crippen LogP contribution in [-0.2, 0) is 24.6 Å². The van der Waals surface area contributed by atoms with Gasteiger partial charge in [0.2, 0.25) is 10.0 Å². The zero-order valence-electron chi connectivity index (χ0n) is 22.6. The molecule has 0 radical (unpaired) electrons. The van der Waals surface area contributed by atoms with Gasteiger partial charge in [0, 0.05) is 31.7 Å². The van der Waals surface area contributed by atoms with Gasteiger partial charge in [-0.15, -0.1) is 0 Å². The fraction of sp³-hybridized carbons (Fsp3) is 0.593. The summed E-state index contributed by atoms with van der Waals surface area (Å²) in [5, 5.41) is 13.5. The first-order chi connectivity index (χ1) is 19.6. The molecule has 1 saturated carbocycles. The molecule has 1 aliphatic carbocycles. The number of nitrogens with zero attached hydrogens (tertiary/aromatic N) is 2. The maximum absolute atomic E-state index is 13.2. The monoisotopic (exact) mass is 609 g/mol. The summed E-state index contributed by atoms with van der Waals surface area (Å²) in [7, 11) is -7.04. The minimum absolute atomic E-state index is 0.0141. The SMILES string of the molecule is O=S(=O)(c1cccc(OCC(O)CNC2COC3(CCN(S(=O)(=O)c4cnc5c(c4)OCCO5)CC3)C2)c1)C1CC1.